The summed E-state index contributed by atoms with van der Waals surface area (Å²) in [4.78, 5) is 25.0. The van der Waals surface area contributed by atoms with Gasteiger partial charge in [0.25, 0.3) is 0 Å². The fraction of sp³-hybridized carbons (Fsp3) is 0.235. The van der Waals surface area contributed by atoms with Gasteiger partial charge < -0.3 is 30.5 Å². The van der Waals surface area contributed by atoms with Gasteiger partial charge in [-0.1, -0.05) is 66.7 Å². The molecule has 222 valence electrons. The van der Waals surface area contributed by atoms with E-state index in [0.717, 1.165) is 32.8 Å². The number of hydrogen-bond donors (Lipinski definition) is 4. The van der Waals surface area contributed by atoms with Crippen molar-refractivity contribution < 1.29 is 24.2 Å². The second-order valence-electron chi connectivity index (χ2n) is 10.3. The highest BCUT2D eigenvalue weighted by molar-refractivity contribution is 7.99. The first-order valence-electron chi connectivity index (χ1n) is 14.1. The van der Waals surface area contributed by atoms with Crippen LogP contribution in [-0.2, 0) is 27.4 Å². The van der Waals surface area contributed by atoms with Crippen LogP contribution < -0.4 is 16.0 Å². The van der Waals surface area contributed by atoms with Gasteiger partial charge in [-0.2, -0.15) is 0 Å². The number of nitrogens with one attached hydrogen (secondary N) is 3. The lowest BCUT2D eigenvalue weighted by Gasteiger charge is -2.36. The molecule has 1 saturated heterocycles. The number of ether oxygens (including phenoxy) is 2. The zero-order chi connectivity index (χ0) is 30.0. The largest absolute Gasteiger partial charge is 0.392 e. The highest BCUT2D eigenvalue weighted by atomic mass is 32.2. The molecule has 1 fully saturated rings. The standard InChI is InChI=1S/C34H35N3O5S/c1-23(39)36-28-14-16-31(17-15-28)43-22-30-19-32(26-12-10-25(21-38)11-13-26)42-33(41-30)27-8-5-9-29(18-27)37-34(40)35-20-24-6-3-2-4-7-24/h2-18,30,32-33,38H,19-22H2,1H3,(H,36,39)(H2,35,37,40)/t30-,32+,33+/m0/s1. The first-order valence-corrected chi connectivity index (χ1v) is 15.1. The maximum atomic E-state index is 12.6. The lowest BCUT2D eigenvalue weighted by atomic mass is 10.0. The molecule has 0 saturated carbocycles. The molecule has 8 nitrogen and oxygen atoms in total. The van der Waals surface area contributed by atoms with Crippen molar-refractivity contribution in [3.63, 3.8) is 0 Å². The van der Waals surface area contributed by atoms with Crippen LogP contribution in [0.1, 0.15) is 48.0 Å². The van der Waals surface area contributed by atoms with E-state index in [1.54, 1.807) is 11.8 Å². The normalized spacial score (nSPS) is 18.0. The molecule has 4 aromatic rings. The molecule has 0 unspecified atom stereocenters. The predicted molar refractivity (Wildman–Crippen MR) is 169 cm³/mol. The van der Waals surface area contributed by atoms with Crippen molar-refractivity contribution in [1.82, 2.24) is 5.32 Å². The fourth-order valence-corrected chi connectivity index (χ4v) is 5.69. The third-order valence-electron chi connectivity index (χ3n) is 6.94. The summed E-state index contributed by atoms with van der Waals surface area (Å²) in [5.74, 6) is 0.594. The Labute approximate surface area is 255 Å². The molecule has 1 aliphatic heterocycles. The van der Waals surface area contributed by atoms with E-state index in [-0.39, 0.29) is 30.8 Å². The summed E-state index contributed by atoms with van der Waals surface area (Å²) in [5, 5.41) is 18.1. The maximum absolute atomic E-state index is 12.6. The lowest BCUT2D eigenvalue weighted by molar-refractivity contribution is -0.245. The number of rotatable bonds is 10. The zero-order valence-corrected chi connectivity index (χ0v) is 24.7. The van der Waals surface area contributed by atoms with Gasteiger partial charge in [0.15, 0.2) is 6.29 Å². The topological polar surface area (TPSA) is 109 Å². The number of hydrogen-bond acceptors (Lipinski definition) is 6. The average molecular weight is 598 g/mol. The molecule has 3 amide bonds. The van der Waals surface area contributed by atoms with Crippen molar-refractivity contribution in [2.75, 3.05) is 16.4 Å². The van der Waals surface area contributed by atoms with Gasteiger partial charge in [0.05, 0.1) is 18.8 Å². The Morgan fingerprint density at radius 3 is 2.30 bits per heavy atom. The minimum absolute atomic E-state index is 0.0176. The third-order valence-corrected chi connectivity index (χ3v) is 8.08. The Hall–Kier alpha value is -4.15. The quantitative estimate of drug-likeness (QED) is 0.150. The van der Waals surface area contributed by atoms with E-state index in [2.05, 4.69) is 16.0 Å². The van der Waals surface area contributed by atoms with E-state index in [9.17, 15) is 14.7 Å². The van der Waals surface area contributed by atoms with Crippen LogP contribution in [0.15, 0.2) is 108 Å². The zero-order valence-electron chi connectivity index (χ0n) is 23.9. The molecule has 1 aliphatic rings. The Morgan fingerprint density at radius 1 is 0.814 bits per heavy atom. The van der Waals surface area contributed by atoms with Crippen LogP contribution in [0.4, 0.5) is 16.2 Å². The maximum Gasteiger partial charge on any atom is 0.319 e. The van der Waals surface area contributed by atoms with Crippen molar-refractivity contribution in [3.8, 4) is 0 Å². The minimum atomic E-state index is -0.641. The summed E-state index contributed by atoms with van der Waals surface area (Å²) in [6.07, 6.45) is -0.318. The number of amides is 3. The van der Waals surface area contributed by atoms with Crippen molar-refractivity contribution >= 4 is 35.1 Å². The molecule has 43 heavy (non-hydrogen) atoms. The van der Waals surface area contributed by atoms with Crippen molar-refractivity contribution in [2.24, 2.45) is 0 Å². The van der Waals surface area contributed by atoms with Gasteiger partial charge in [-0.15, -0.1) is 11.8 Å². The molecule has 3 atom stereocenters. The predicted octanol–water partition coefficient (Wildman–Crippen LogP) is 6.80. The van der Waals surface area contributed by atoms with E-state index in [0.29, 0.717) is 24.4 Å². The van der Waals surface area contributed by atoms with Gasteiger partial charge in [0.1, 0.15) is 0 Å². The SMILES string of the molecule is CC(=O)Nc1ccc(SC[C@@H]2C[C@H](c3ccc(CO)cc3)O[C@H](c3cccc(NC(=O)NCc4ccccc4)c3)O2)cc1. The lowest BCUT2D eigenvalue weighted by Crippen LogP contribution is -2.31. The van der Waals surface area contributed by atoms with Crippen molar-refractivity contribution in [2.45, 2.75) is 49.9 Å². The van der Waals surface area contributed by atoms with Crippen LogP contribution in [-0.4, -0.2) is 28.9 Å². The van der Waals surface area contributed by atoms with E-state index < -0.39 is 6.29 Å². The summed E-state index contributed by atoms with van der Waals surface area (Å²) >= 11 is 1.68. The number of urea groups is 1. The fourth-order valence-electron chi connectivity index (χ4n) is 4.77. The summed E-state index contributed by atoms with van der Waals surface area (Å²) in [6, 6.07) is 32.5. The highest BCUT2D eigenvalue weighted by Crippen LogP contribution is 2.40. The van der Waals surface area contributed by atoms with Crippen LogP contribution in [0.2, 0.25) is 0 Å². The number of carbonyl (C=O) groups is 2. The Balaban J connectivity index is 1.27. The molecule has 9 heteroatoms. The van der Waals surface area contributed by atoms with E-state index in [1.165, 1.54) is 6.92 Å². The molecule has 5 rings (SSSR count). The summed E-state index contributed by atoms with van der Waals surface area (Å²) in [7, 11) is 0. The first-order chi connectivity index (χ1) is 20.9. The van der Waals surface area contributed by atoms with Crippen LogP contribution in [0.5, 0.6) is 0 Å². The second-order valence-corrected chi connectivity index (χ2v) is 11.4. The third kappa shape index (κ3) is 8.92. The number of thioether (sulfide) groups is 1. The Kier molecular flexibility index (Phi) is 10.5. The van der Waals surface area contributed by atoms with Gasteiger partial charge in [-0.05, 0) is 53.1 Å². The average Bonchev–Trinajstić information content (AvgIpc) is 3.04. The molecular formula is C34H35N3O5S. The monoisotopic (exact) mass is 597 g/mol. The Bertz CT molecular complexity index is 1500. The molecule has 1 heterocycles. The highest BCUT2D eigenvalue weighted by Gasteiger charge is 2.32. The van der Waals surface area contributed by atoms with Gasteiger partial charge >= 0.3 is 6.03 Å². The minimum Gasteiger partial charge on any atom is -0.392 e. The first kappa shape index (κ1) is 30.3. The molecule has 0 radical (unpaired) electrons. The van der Waals surface area contributed by atoms with E-state index in [4.69, 9.17) is 9.47 Å². The number of anilines is 2. The van der Waals surface area contributed by atoms with Gasteiger partial charge in [0, 0.05) is 47.5 Å². The molecule has 4 N–H and O–H groups in total. The van der Waals surface area contributed by atoms with Crippen LogP contribution in [0, 0.1) is 0 Å². The number of aliphatic hydroxyl groups excluding tert-OH is 1. The molecular weight excluding hydrogens is 562 g/mol. The van der Waals surface area contributed by atoms with Crippen LogP contribution in [0.3, 0.4) is 0 Å². The van der Waals surface area contributed by atoms with Gasteiger partial charge in [-0.3, -0.25) is 4.79 Å². The molecule has 4 aromatic carbocycles. The van der Waals surface area contributed by atoms with Crippen molar-refractivity contribution in [3.05, 3.63) is 125 Å². The van der Waals surface area contributed by atoms with Gasteiger partial charge in [-0.25, -0.2) is 4.79 Å². The van der Waals surface area contributed by atoms with Gasteiger partial charge in [0.2, 0.25) is 5.91 Å². The van der Waals surface area contributed by atoms with E-state index in [1.807, 2.05) is 103 Å². The Morgan fingerprint density at radius 2 is 1.58 bits per heavy atom. The second kappa shape index (κ2) is 14.8. The summed E-state index contributed by atoms with van der Waals surface area (Å²) in [5.41, 5.74) is 5.05. The molecule has 0 aliphatic carbocycles. The van der Waals surface area contributed by atoms with Crippen LogP contribution >= 0.6 is 11.8 Å². The molecule has 0 bridgehead atoms. The number of carbonyl (C=O) groups excluding carboxylic acids is 2. The summed E-state index contributed by atoms with van der Waals surface area (Å²) < 4.78 is 12.9. The number of benzene rings is 4. The smallest absolute Gasteiger partial charge is 0.319 e. The molecule has 0 aromatic heterocycles. The number of aliphatic hydroxyl groups is 1. The summed E-state index contributed by atoms with van der Waals surface area (Å²) in [6.45, 7) is 1.89. The van der Waals surface area contributed by atoms with Crippen LogP contribution in [0.25, 0.3) is 0 Å². The molecule has 0 spiro atoms. The van der Waals surface area contributed by atoms with Crippen molar-refractivity contribution in [1.29, 1.82) is 0 Å². The van der Waals surface area contributed by atoms with E-state index >= 15 is 0 Å².